The molecule has 0 radical (unpaired) electrons. The van der Waals surface area contributed by atoms with Crippen LogP contribution in [-0.2, 0) is 9.53 Å². The molecule has 1 saturated heterocycles. The number of carbonyl (C=O) groups is 1. The molecule has 2 N–H and O–H groups in total. The third kappa shape index (κ3) is 3.53. The van der Waals surface area contributed by atoms with Gasteiger partial charge < -0.3 is 15.2 Å². The third-order valence-electron chi connectivity index (χ3n) is 10.4. The Labute approximate surface area is 182 Å². The Balaban J connectivity index is 1.25. The van der Waals surface area contributed by atoms with Crippen LogP contribution in [0, 0.1) is 34.5 Å². The van der Waals surface area contributed by atoms with E-state index in [1.807, 2.05) is 0 Å². The van der Waals surface area contributed by atoms with Gasteiger partial charge in [0.25, 0.3) is 0 Å². The highest BCUT2D eigenvalue weighted by atomic mass is 16.5. The minimum absolute atomic E-state index is 0.0639. The first-order chi connectivity index (χ1) is 14.4. The molecule has 1 heterocycles. The highest BCUT2D eigenvalue weighted by molar-refractivity contribution is 5.78. The van der Waals surface area contributed by atoms with Gasteiger partial charge in [-0.05, 0) is 92.3 Å². The number of nitrogens with zero attached hydrogens (tertiary/aromatic N) is 1. The Morgan fingerprint density at radius 1 is 1.00 bits per heavy atom. The van der Waals surface area contributed by atoms with E-state index < -0.39 is 0 Å². The highest BCUT2D eigenvalue weighted by Crippen LogP contribution is 2.66. The van der Waals surface area contributed by atoms with Crippen molar-refractivity contribution >= 4 is 5.91 Å². The fraction of sp³-hybridized carbons (Fsp3) is 0.960. The number of fused-ring (bicyclic) bond motifs is 5. The molecule has 4 aliphatic carbocycles. The Morgan fingerprint density at radius 3 is 2.53 bits per heavy atom. The van der Waals surface area contributed by atoms with Crippen LogP contribution in [0.2, 0.25) is 0 Å². The van der Waals surface area contributed by atoms with Gasteiger partial charge in [0.05, 0.1) is 25.9 Å². The fourth-order valence-corrected chi connectivity index (χ4v) is 8.67. The van der Waals surface area contributed by atoms with Gasteiger partial charge in [-0.15, -0.1) is 0 Å². The standard InChI is InChI=1S/C25H42N2O3/c1-24-9-7-18(28)15-17(24)3-4-19-20-5-6-22(25(20,2)10-8-21(19)24)26-23(29)16-27-11-13-30-14-12-27/h17-22,28H,3-16H2,1-2H3,(H,26,29)/t17-,18?,19?,20?,21?,22?,24-,25-/m0/s1. The summed E-state index contributed by atoms with van der Waals surface area (Å²) in [5, 5.41) is 13.7. The van der Waals surface area contributed by atoms with Crippen molar-refractivity contribution in [2.45, 2.75) is 83.8 Å². The molecule has 4 saturated carbocycles. The first-order valence-electron chi connectivity index (χ1n) is 12.7. The summed E-state index contributed by atoms with van der Waals surface area (Å²) < 4.78 is 5.42. The van der Waals surface area contributed by atoms with Crippen LogP contribution < -0.4 is 5.32 Å². The van der Waals surface area contributed by atoms with Gasteiger partial charge in [-0.25, -0.2) is 0 Å². The van der Waals surface area contributed by atoms with E-state index in [0.717, 1.165) is 69.2 Å². The number of carbonyl (C=O) groups excluding carboxylic acids is 1. The fourth-order valence-electron chi connectivity index (χ4n) is 8.67. The second-order valence-electron chi connectivity index (χ2n) is 11.7. The number of rotatable bonds is 3. The molecule has 5 fully saturated rings. The molecule has 5 unspecified atom stereocenters. The van der Waals surface area contributed by atoms with Crippen molar-refractivity contribution < 1.29 is 14.6 Å². The molecular weight excluding hydrogens is 376 g/mol. The number of amides is 1. The van der Waals surface area contributed by atoms with Crippen LogP contribution in [-0.4, -0.2) is 60.9 Å². The first-order valence-corrected chi connectivity index (χ1v) is 12.7. The lowest BCUT2D eigenvalue weighted by Crippen LogP contribution is -2.56. The van der Waals surface area contributed by atoms with Crippen LogP contribution in [0.25, 0.3) is 0 Å². The van der Waals surface area contributed by atoms with Gasteiger partial charge in [0.1, 0.15) is 0 Å². The molecule has 5 heteroatoms. The molecule has 5 rings (SSSR count). The summed E-state index contributed by atoms with van der Waals surface area (Å²) in [6.07, 6.45) is 10.8. The van der Waals surface area contributed by atoms with Gasteiger partial charge >= 0.3 is 0 Å². The predicted molar refractivity (Wildman–Crippen MR) is 117 cm³/mol. The summed E-state index contributed by atoms with van der Waals surface area (Å²) in [6.45, 7) is 8.80. The van der Waals surface area contributed by atoms with E-state index in [1.165, 1.54) is 38.5 Å². The molecule has 0 aromatic heterocycles. The average Bonchev–Trinajstić information content (AvgIpc) is 3.05. The summed E-state index contributed by atoms with van der Waals surface area (Å²) in [7, 11) is 0. The normalized spacial score (nSPS) is 49.0. The molecular formula is C25H42N2O3. The van der Waals surface area contributed by atoms with Crippen LogP contribution in [0.5, 0.6) is 0 Å². The van der Waals surface area contributed by atoms with Gasteiger partial charge in [0.2, 0.25) is 5.91 Å². The van der Waals surface area contributed by atoms with Gasteiger partial charge in [-0.3, -0.25) is 9.69 Å². The monoisotopic (exact) mass is 418 g/mol. The van der Waals surface area contributed by atoms with E-state index in [0.29, 0.717) is 18.0 Å². The molecule has 170 valence electrons. The summed E-state index contributed by atoms with van der Waals surface area (Å²) in [6, 6.07) is 0.343. The van der Waals surface area contributed by atoms with E-state index in [4.69, 9.17) is 4.74 Å². The van der Waals surface area contributed by atoms with Crippen molar-refractivity contribution in [1.82, 2.24) is 10.2 Å². The van der Waals surface area contributed by atoms with Crippen molar-refractivity contribution in [3.05, 3.63) is 0 Å². The van der Waals surface area contributed by atoms with Crippen LogP contribution >= 0.6 is 0 Å². The Kier molecular flexibility index (Phi) is 5.69. The maximum atomic E-state index is 12.8. The summed E-state index contributed by atoms with van der Waals surface area (Å²) >= 11 is 0. The first kappa shape index (κ1) is 21.2. The quantitative estimate of drug-likeness (QED) is 0.739. The Hall–Kier alpha value is -0.650. The Morgan fingerprint density at radius 2 is 1.73 bits per heavy atom. The Bertz CT molecular complexity index is 650. The van der Waals surface area contributed by atoms with Crippen LogP contribution in [0.1, 0.15) is 71.6 Å². The topological polar surface area (TPSA) is 61.8 Å². The molecule has 0 aromatic rings. The van der Waals surface area contributed by atoms with Crippen molar-refractivity contribution in [2.24, 2.45) is 34.5 Å². The molecule has 0 aromatic carbocycles. The maximum Gasteiger partial charge on any atom is 0.234 e. The highest BCUT2D eigenvalue weighted by Gasteiger charge is 2.60. The molecule has 30 heavy (non-hydrogen) atoms. The molecule has 5 nitrogen and oxygen atoms in total. The van der Waals surface area contributed by atoms with Gasteiger partial charge in [-0.2, -0.15) is 0 Å². The van der Waals surface area contributed by atoms with Crippen LogP contribution in [0.4, 0.5) is 0 Å². The summed E-state index contributed by atoms with van der Waals surface area (Å²) in [5.41, 5.74) is 0.695. The van der Waals surface area contributed by atoms with Crippen LogP contribution in [0.15, 0.2) is 0 Å². The largest absolute Gasteiger partial charge is 0.393 e. The number of aliphatic hydroxyl groups excluding tert-OH is 1. The van der Waals surface area contributed by atoms with E-state index in [2.05, 4.69) is 24.1 Å². The van der Waals surface area contributed by atoms with Crippen molar-refractivity contribution in [2.75, 3.05) is 32.8 Å². The maximum absolute atomic E-state index is 12.8. The lowest BCUT2D eigenvalue weighted by atomic mass is 9.45. The SMILES string of the molecule is C[C@]12CCC3C(CC[C@H]4CC(O)CC[C@]34C)C1CCC2NC(=O)CN1CCOCC1. The van der Waals surface area contributed by atoms with Crippen molar-refractivity contribution in [1.29, 1.82) is 0 Å². The number of hydrogen-bond donors (Lipinski definition) is 2. The lowest BCUT2D eigenvalue weighted by molar-refractivity contribution is -0.131. The second-order valence-corrected chi connectivity index (χ2v) is 11.7. The van der Waals surface area contributed by atoms with Crippen LogP contribution in [0.3, 0.4) is 0 Å². The number of aliphatic hydroxyl groups is 1. The summed E-state index contributed by atoms with van der Waals surface area (Å²) in [5.74, 6) is 3.33. The number of ether oxygens (including phenoxy) is 1. The number of hydrogen-bond acceptors (Lipinski definition) is 4. The minimum atomic E-state index is -0.0639. The van der Waals surface area contributed by atoms with Gasteiger partial charge in [-0.1, -0.05) is 13.8 Å². The zero-order chi connectivity index (χ0) is 20.9. The third-order valence-corrected chi connectivity index (χ3v) is 10.4. The molecule has 1 aliphatic heterocycles. The minimum Gasteiger partial charge on any atom is -0.393 e. The lowest BCUT2D eigenvalue weighted by Gasteiger charge is -2.61. The molecule has 0 spiro atoms. The predicted octanol–water partition coefficient (Wildman–Crippen LogP) is 3.21. The van der Waals surface area contributed by atoms with Crippen molar-refractivity contribution in [3.8, 4) is 0 Å². The van der Waals surface area contributed by atoms with Gasteiger partial charge in [0.15, 0.2) is 0 Å². The smallest absolute Gasteiger partial charge is 0.234 e. The number of morpholine rings is 1. The number of nitrogens with one attached hydrogen (secondary N) is 1. The van der Waals surface area contributed by atoms with E-state index in [-0.39, 0.29) is 17.4 Å². The van der Waals surface area contributed by atoms with E-state index in [1.54, 1.807) is 0 Å². The zero-order valence-corrected chi connectivity index (χ0v) is 19.1. The van der Waals surface area contributed by atoms with E-state index in [9.17, 15) is 9.90 Å². The second kappa shape index (κ2) is 8.04. The van der Waals surface area contributed by atoms with E-state index >= 15 is 0 Å². The summed E-state index contributed by atoms with van der Waals surface area (Å²) in [4.78, 5) is 15.0. The molecule has 1 amide bonds. The molecule has 5 aliphatic rings. The molecule has 8 atom stereocenters. The molecule has 0 bridgehead atoms. The zero-order valence-electron chi connectivity index (χ0n) is 19.1. The van der Waals surface area contributed by atoms with Crippen molar-refractivity contribution in [3.63, 3.8) is 0 Å². The average molecular weight is 419 g/mol. The van der Waals surface area contributed by atoms with Gasteiger partial charge in [0, 0.05) is 19.1 Å².